The predicted molar refractivity (Wildman–Crippen MR) is 131 cm³/mol. The van der Waals surface area contributed by atoms with Crippen molar-refractivity contribution in [2.75, 3.05) is 28.4 Å². The van der Waals surface area contributed by atoms with Gasteiger partial charge in [-0.1, -0.05) is 48.5 Å². The summed E-state index contributed by atoms with van der Waals surface area (Å²) in [6.07, 6.45) is 0. The standard InChI is InChI=1S/C27H27N3O4/c1-29(18-20-15-16-24(32-2)26(34-4)25(20)33-3)27(31)23-17-22(19-11-7-5-8-12-19)28-30(23)21-13-9-6-10-14-21/h5-17H,18H2,1-4H3. The average molecular weight is 458 g/mol. The van der Waals surface area contributed by atoms with Crippen LogP contribution in [0.2, 0.25) is 0 Å². The fourth-order valence-corrected chi connectivity index (χ4v) is 3.86. The molecule has 7 heteroatoms. The molecule has 4 aromatic rings. The molecule has 0 N–H and O–H groups in total. The van der Waals surface area contributed by atoms with Gasteiger partial charge in [0.15, 0.2) is 11.5 Å². The Hall–Kier alpha value is -4.26. The topological polar surface area (TPSA) is 65.8 Å². The Morgan fingerprint density at radius 3 is 2.12 bits per heavy atom. The molecule has 1 aromatic heterocycles. The van der Waals surface area contributed by atoms with Crippen molar-refractivity contribution >= 4 is 5.91 Å². The summed E-state index contributed by atoms with van der Waals surface area (Å²) in [5, 5.41) is 4.75. The van der Waals surface area contributed by atoms with Crippen molar-refractivity contribution in [3.05, 3.63) is 90.1 Å². The highest BCUT2D eigenvalue weighted by Crippen LogP contribution is 2.40. The Labute approximate surface area is 199 Å². The highest BCUT2D eigenvalue weighted by atomic mass is 16.5. The molecule has 1 heterocycles. The Morgan fingerprint density at radius 2 is 1.50 bits per heavy atom. The third kappa shape index (κ3) is 4.45. The van der Waals surface area contributed by atoms with Gasteiger partial charge in [0, 0.05) is 24.7 Å². The highest BCUT2D eigenvalue weighted by Gasteiger charge is 2.23. The maximum Gasteiger partial charge on any atom is 0.272 e. The number of benzene rings is 3. The molecule has 174 valence electrons. The second kappa shape index (κ2) is 10.1. The number of para-hydroxylation sites is 1. The summed E-state index contributed by atoms with van der Waals surface area (Å²) in [6, 6.07) is 24.9. The van der Waals surface area contributed by atoms with Crippen LogP contribution in [0.25, 0.3) is 16.9 Å². The highest BCUT2D eigenvalue weighted by molar-refractivity contribution is 5.94. The SMILES string of the molecule is COc1ccc(CN(C)C(=O)c2cc(-c3ccccc3)nn2-c2ccccc2)c(OC)c1OC. The van der Waals surface area contributed by atoms with Gasteiger partial charge < -0.3 is 19.1 Å². The zero-order valence-electron chi connectivity index (χ0n) is 19.7. The van der Waals surface area contributed by atoms with Crippen LogP contribution in [0.5, 0.6) is 17.2 Å². The van der Waals surface area contributed by atoms with Crippen molar-refractivity contribution in [2.24, 2.45) is 0 Å². The second-order valence-electron chi connectivity index (χ2n) is 7.68. The second-order valence-corrected chi connectivity index (χ2v) is 7.68. The van der Waals surface area contributed by atoms with Crippen LogP contribution < -0.4 is 14.2 Å². The summed E-state index contributed by atoms with van der Waals surface area (Å²) in [5.41, 5.74) is 3.74. The Morgan fingerprint density at radius 1 is 0.853 bits per heavy atom. The van der Waals surface area contributed by atoms with E-state index in [1.165, 1.54) is 0 Å². The number of ether oxygens (including phenoxy) is 3. The summed E-state index contributed by atoms with van der Waals surface area (Å²) in [5.74, 6) is 1.41. The van der Waals surface area contributed by atoms with Gasteiger partial charge in [0.25, 0.3) is 5.91 Å². The molecule has 4 rings (SSSR count). The molecule has 1 amide bonds. The van der Waals surface area contributed by atoms with E-state index in [4.69, 9.17) is 19.3 Å². The first-order valence-electron chi connectivity index (χ1n) is 10.8. The third-order valence-corrected chi connectivity index (χ3v) is 5.54. The van der Waals surface area contributed by atoms with Crippen molar-refractivity contribution in [2.45, 2.75) is 6.54 Å². The average Bonchev–Trinajstić information content (AvgIpc) is 3.34. The van der Waals surface area contributed by atoms with Crippen molar-refractivity contribution in [1.82, 2.24) is 14.7 Å². The van der Waals surface area contributed by atoms with Gasteiger partial charge in [0.1, 0.15) is 5.69 Å². The van der Waals surface area contributed by atoms with E-state index in [0.29, 0.717) is 29.5 Å². The lowest BCUT2D eigenvalue weighted by Crippen LogP contribution is -2.28. The number of hydrogen-bond donors (Lipinski definition) is 0. The molecule has 0 spiro atoms. The van der Waals surface area contributed by atoms with Gasteiger partial charge >= 0.3 is 0 Å². The van der Waals surface area contributed by atoms with E-state index in [1.807, 2.05) is 72.8 Å². The van der Waals surface area contributed by atoms with Crippen molar-refractivity contribution < 1.29 is 19.0 Å². The zero-order valence-corrected chi connectivity index (χ0v) is 19.7. The summed E-state index contributed by atoms with van der Waals surface area (Å²) >= 11 is 0. The number of aromatic nitrogens is 2. The van der Waals surface area contributed by atoms with E-state index < -0.39 is 0 Å². The molecule has 0 unspecified atom stereocenters. The van der Waals surface area contributed by atoms with Crippen LogP contribution in [-0.2, 0) is 6.54 Å². The molecule has 0 radical (unpaired) electrons. The first-order chi connectivity index (χ1) is 16.6. The number of amides is 1. The Balaban J connectivity index is 1.71. The molecule has 0 atom stereocenters. The van der Waals surface area contributed by atoms with Crippen molar-refractivity contribution in [3.63, 3.8) is 0 Å². The summed E-state index contributed by atoms with van der Waals surface area (Å²) in [7, 11) is 6.45. The van der Waals surface area contributed by atoms with Gasteiger partial charge in [-0.05, 0) is 30.3 Å². The normalized spacial score (nSPS) is 10.6. The monoisotopic (exact) mass is 457 g/mol. The first kappa shape index (κ1) is 22.9. The smallest absolute Gasteiger partial charge is 0.272 e. The number of methoxy groups -OCH3 is 3. The first-order valence-corrected chi connectivity index (χ1v) is 10.8. The fraction of sp³-hybridized carbons (Fsp3) is 0.185. The van der Waals surface area contributed by atoms with Crippen LogP contribution in [0.15, 0.2) is 78.9 Å². The number of carbonyl (C=O) groups excluding carboxylic acids is 1. The van der Waals surface area contributed by atoms with Gasteiger partial charge in [0.05, 0.1) is 32.7 Å². The lowest BCUT2D eigenvalue weighted by Gasteiger charge is -2.21. The van der Waals surface area contributed by atoms with Crippen molar-refractivity contribution in [1.29, 1.82) is 0 Å². The molecule has 0 aliphatic heterocycles. The van der Waals surface area contributed by atoms with Crippen LogP contribution >= 0.6 is 0 Å². The summed E-state index contributed by atoms with van der Waals surface area (Å²) in [6.45, 7) is 0.309. The molecule has 0 saturated carbocycles. The maximum atomic E-state index is 13.6. The molecular formula is C27H27N3O4. The molecule has 3 aromatic carbocycles. The molecule has 0 saturated heterocycles. The Bertz CT molecular complexity index is 1270. The van der Waals surface area contributed by atoms with Crippen LogP contribution in [0, 0.1) is 0 Å². The summed E-state index contributed by atoms with van der Waals surface area (Å²) in [4.78, 5) is 15.3. The number of hydrogen-bond acceptors (Lipinski definition) is 5. The lowest BCUT2D eigenvalue weighted by atomic mass is 10.1. The van der Waals surface area contributed by atoms with Crippen LogP contribution in [0.1, 0.15) is 16.1 Å². The van der Waals surface area contributed by atoms with Gasteiger partial charge in [-0.3, -0.25) is 4.79 Å². The minimum atomic E-state index is -0.171. The van der Waals surface area contributed by atoms with Crippen LogP contribution in [0.4, 0.5) is 0 Å². The summed E-state index contributed by atoms with van der Waals surface area (Å²) < 4.78 is 18.1. The number of carbonyl (C=O) groups is 1. The zero-order chi connectivity index (χ0) is 24.1. The number of rotatable bonds is 8. The Kier molecular flexibility index (Phi) is 6.82. The molecule has 34 heavy (non-hydrogen) atoms. The van der Waals surface area contributed by atoms with Gasteiger partial charge in [-0.25, -0.2) is 4.68 Å². The van der Waals surface area contributed by atoms with Crippen LogP contribution in [-0.4, -0.2) is 49.0 Å². The minimum absolute atomic E-state index is 0.171. The fourth-order valence-electron chi connectivity index (χ4n) is 3.86. The van der Waals surface area contributed by atoms with E-state index in [9.17, 15) is 4.79 Å². The quantitative estimate of drug-likeness (QED) is 0.379. The maximum absolute atomic E-state index is 13.6. The number of nitrogens with zero attached hydrogens (tertiary/aromatic N) is 3. The van der Waals surface area contributed by atoms with E-state index >= 15 is 0 Å². The lowest BCUT2D eigenvalue weighted by molar-refractivity contribution is 0.0775. The van der Waals surface area contributed by atoms with E-state index in [1.54, 1.807) is 44.0 Å². The van der Waals surface area contributed by atoms with Gasteiger partial charge in [-0.2, -0.15) is 5.10 Å². The molecule has 0 aliphatic carbocycles. The van der Waals surface area contributed by atoms with Crippen LogP contribution in [0.3, 0.4) is 0 Å². The third-order valence-electron chi connectivity index (χ3n) is 5.54. The van der Waals surface area contributed by atoms with Crippen molar-refractivity contribution in [3.8, 4) is 34.2 Å². The van der Waals surface area contributed by atoms with Gasteiger partial charge in [0.2, 0.25) is 5.75 Å². The van der Waals surface area contributed by atoms with E-state index in [0.717, 1.165) is 22.5 Å². The molecule has 7 nitrogen and oxygen atoms in total. The molecule has 0 fully saturated rings. The molecular weight excluding hydrogens is 430 g/mol. The largest absolute Gasteiger partial charge is 0.493 e. The molecule has 0 aliphatic rings. The van der Waals surface area contributed by atoms with E-state index in [-0.39, 0.29) is 5.91 Å². The van der Waals surface area contributed by atoms with E-state index in [2.05, 4.69) is 0 Å². The molecule has 0 bridgehead atoms. The predicted octanol–water partition coefficient (Wildman–Crippen LogP) is 4.84. The van der Waals surface area contributed by atoms with Gasteiger partial charge in [-0.15, -0.1) is 0 Å². The minimum Gasteiger partial charge on any atom is -0.493 e.